The van der Waals surface area contributed by atoms with Crippen molar-refractivity contribution in [2.75, 3.05) is 6.26 Å². The Hall–Kier alpha value is -1.47. The molecule has 1 aromatic rings. The Morgan fingerprint density at radius 2 is 2.19 bits per heavy atom. The summed E-state index contributed by atoms with van der Waals surface area (Å²) in [5, 5.41) is -0.0649. The van der Waals surface area contributed by atoms with Crippen molar-refractivity contribution in [1.29, 1.82) is 0 Å². The van der Waals surface area contributed by atoms with Crippen molar-refractivity contribution in [3.63, 3.8) is 0 Å². The molecule has 0 saturated carbocycles. The number of hydrogen-bond acceptors (Lipinski definition) is 5. The molecular formula is C9H13N3O3S. The molecule has 0 aliphatic rings. The van der Waals surface area contributed by atoms with Crippen LogP contribution in [0, 0.1) is 0 Å². The van der Waals surface area contributed by atoms with Gasteiger partial charge < -0.3 is 11.5 Å². The number of nitrogens with zero attached hydrogens (tertiary/aromatic N) is 1. The van der Waals surface area contributed by atoms with Gasteiger partial charge in [-0.3, -0.25) is 4.79 Å². The van der Waals surface area contributed by atoms with Crippen molar-refractivity contribution < 1.29 is 13.2 Å². The van der Waals surface area contributed by atoms with Crippen LogP contribution in [0.15, 0.2) is 23.4 Å². The molecule has 0 unspecified atom stereocenters. The van der Waals surface area contributed by atoms with Crippen LogP contribution in [0.3, 0.4) is 0 Å². The number of amides is 1. The van der Waals surface area contributed by atoms with Gasteiger partial charge in [-0.1, -0.05) is 0 Å². The third-order valence-corrected chi connectivity index (χ3v) is 2.97. The lowest BCUT2D eigenvalue weighted by molar-refractivity contribution is -0.118. The number of hydrogen-bond donors (Lipinski definition) is 2. The van der Waals surface area contributed by atoms with E-state index in [0.29, 0.717) is 5.56 Å². The van der Waals surface area contributed by atoms with Gasteiger partial charge in [0, 0.05) is 24.9 Å². The summed E-state index contributed by atoms with van der Waals surface area (Å²) >= 11 is 0. The second-order valence-corrected chi connectivity index (χ2v) is 5.44. The van der Waals surface area contributed by atoms with Gasteiger partial charge in [0.05, 0.1) is 0 Å². The molecule has 4 N–H and O–H groups in total. The quantitative estimate of drug-likeness (QED) is 0.729. The lowest BCUT2D eigenvalue weighted by atomic mass is 10.1. The molecule has 1 rings (SSSR count). The van der Waals surface area contributed by atoms with Crippen molar-refractivity contribution in [3.05, 3.63) is 23.9 Å². The lowest BCUT2D eigenvalue weighted by Crippen LogP contribution is -2.21. The number of carbonyl (C=O) groups excluding carboxylic acids is 1. The molecule has 1 amide bonds. The summed E-state index contributed by atoms with van der Waals surface area (Å²) in [5.41, 5.74) is 11.2. The molecule has 16 heavy (non-hydrogen) atoms. The standard InChI is InChI=1S/C9H13N3O3S/c1-16(14,15)9-4-6(2-3-12-9)7(10)5-8(11)13/h2-4,7H,5,10H2,1H3,(H2,11,13)/t7-/m0/s1. The van der Waals surface area contributed by atoms with E-state index in [1.165, 1.54) is 12.3 Å². The van der Waals surface area contributed by atoms with E-state index in [-0.39, 0.29) is 11.4 Å². The lowest BCUT2D eigenvalue weighted by Gasteiger charge is -2.10. The zero-order chi connectivity index (χ0) is 12.3. The Morgan fingerprint density at radius 3 is 2.69 bits per heavy atom. The molecule has 0 aliphatic heterocycles. The first-order valence-corrected chi connectivity index (χ1v) is 6.39. The average molecular weight is 243 g/mol. The molecule has 0 spiro atoms. The minimum atomic E-state index is -3.37. The average Bonchev–Trinajstić information content (AvgIpc) is 2.15. The van der Waals surface area contributed by atoms with Gasteiger partial charge in [0.25, 0.3) is 0 Å². The molecule has 88 valence electrons. The Labute approximate surface area is 93.6 Å². The molecule has 0 fully saturated rings. The summed E-state index contributed by atoms with van der Waals surface area (Å²) in [6, 6.07) is 2.30. The predicted molar refractivity (Wildman–Crippen MR) is 58.1 cm³/mol. The predicted octanol–water partition coefficient (Wildman–Crippen LogP) is -0.640. The van der Waals surface area contributed by atoms with Crippen LogP contribution in [0.4, 0.5) is 0 Å². The smallest absolute Gasteiger partial charge is 0.219 e. The zero-order valence-corrected chi connectivity index (χ0v) is 9.57. The van der Waals surface area contributed by atoms with E-state index in [1.807, 2.05) is 0 Å². The van der Waals surface area contributed by atoms with Crippen LogP contribution < -0.4 is 11.5 Å². The molecule has 0 aliphatic carbocycles. The maximum atomic E-state index is 11.2. The molecule has 6 nitrogen and oxygen atoms in total. The molecule has 0 radical (unpaired) electrons. The fraction of sp³-hybridized carbons (Fsp3) is 0.333. The summed E-state index contributed by atoms with van der Waals surface area (Å²) in [6.45, 7) is 0. The van der Waals surface area contributed by atoms with E-state index in [0.717, 1.165) is 6.26 Å². The van der Waals surface area contributed by atoms with E-state index in [2.05, 4.69) is 4.98 Å². The third-order valence-electron chi connectivity index (χ3n) is 1.99. The van der Waals surface area contributed by atoms with Gasteiger partial charge >= 0.3 is 0 Å². The Bertz CT molecular complexity index is 498. The van der Waals surface area contributed by atoms with Crippen LogP contribution in [-0.4, -0.2) is 25.6 Å². The van der Waals surface area contributed by atoms with Crippen LogP contribution in [0.1, 0.15) is 18.0 Å². The first-order chi connectivity index (χ1) is 7.30. The summed E-state index contributed by atoms with van der Waals surface area (Å²) in [6.07, 6.45) is 2.36. The van der Waals surface area contributed by atoms with E-state index < -0.39 is 21.8 Å². The Morgan fingerprint density at radius 1 is 1.56 bits per heavy atom. The molecule has 1 heterocycles. The van der Waals surface area contributed by atoms with E-state index in [9.17, 15) is 13.2 Å². The van der Waals surface area contributed by atoms with E-state index in [4.69, 9.17) is 11.5 Å². The second kappa shape index (κ2) is 4.58. The molecule has 1 atom stereocenters. The zero-order valence-electron chi connectivity index (χ0n) is 8.75. The highest BCUT2D eigenvalue weighted by atomic mass is 32.2. The fourth-order valence-corrected chi connectivity index (χ4v) is 1.80. The van der Waals surface area contributed by atoms with Crippen molar-refractivity contribution in [3.8, 4) is 0 Å². The molecular weight excluding hydrogens is 230 g/mol. The van der Waals surface area contributed by atoms with Gasteiger partial charge in [-0.25, -0.2) is 13.4 Å². The monoisotopic (exact) mass is 243 g/mol. The largest absolute Gasteiger partial charge is 0.370 e. The van der Waals surface area contributed by atoms with Crippen LogP contribution >= 0.6 is 0 Å². The summed E-state index contributed by atoms with van der Waals surface area (Å²) in [5.74, 6) is -0.537. The summed E-state index contributed by atoms with van der Waals surface area (Å²) in [4.78, 5) is 14.4. The molecule has 1 aromatic heterocycles. The molecule has 7 heteroatoms. The number of carbonyl (C=O) groups is 1. The highest BCUT2D eigenvalue weighted by molar-refractivity contribution is 7.90. The van der Waals surface area contributed by atoms with Crippen LogP contribution in [0.2, 0.25) is 0 Å². The van der Waals surface area contributed by atoms with Gasteiger partial charge in [-0.2, -0.15) is 0 Å². The van der Waals surface area contributed by atoms with E-state index in [1.54, 1.807) is 6.07 Å². The maximum absolute atomic E-state index is 11.2. The molecule has 0 aromatic carbocycles. The first kappa shape index (κ1) is 12.6. The minimum absolute atomic E-state index is 0.0345. The van der Waals surface area contributed by atoms with Crippen molar-refractivity contribution >= 4 is 15.7 Å². The Balaban J connectivity index is 3.04. The van der Waals surface area contributed by atoms with Gasteiger partial charge in [0.2, 0.25) is 5.91 Å². The Kier molecular flexibility index (Phi) is 3.61. The minimum Gasteiger partial charge on any atom is -0.370 e. The molecule has 0 saturated heterocycles. The maximum Gasteiger partial charge on any atom is 0.219 e. The van der Waals surface area contributed by atoms with E-state index >= 15 is 0 Å². The van der Waals surface area contributed by atoms with Gasteiger partial charge in [0.15, 0.2) is 14.9 Å². The first-order valence-electron chi connectivity index (χ1n) is 4.50. The summed E-state index contributed by atoms with van der Waals surface area (Å²) < 4.78 is 22.5. The second-order valence-electron chi connectivity index (χ2n) is 3.48. The highest BCUT2D eigenvalue weighted by Crippen LogP contribution is 2.16. The van der Waals surface area contributed by atoms with Crippen molar-refractivity contribution in [2.24, 2.45) is 11.5 Å². The number of sulfone groups is 1. The number of aromatic nitrogens is 1. The molecule has 0 bridgehead atoms. The number of nitrogens with two attached hydrogens (primary N) is 2. The number of primary amides is 1. The van der Waals surface area contributed by atoms with Gasteiger partial charge in [-0.05, 0) is 17.7 Å². The topological polar surface area (TPSA) is 116 Å². The van der Waals surface area contributed by atoms with Crippen LogP contribution in [-0.2, 0) is 14.6 Å². The number of rotatable bonds is 4. The van der Waals surface area contributed by atoms with Crippen LogP contribution in [0.5, 0.6) is 0 Å². The fourth-order valence-electron chi connectivity index (χ4n) is 1.19. The van der Waals surface area contributed by atoms with Gasteiger partial charge in [-0.15, -0.1) is 0 Å². The number of pyridine rings is 1. The van der Waals surface area contributed by atoms with Gasteiger partial charge in [0.1, 0.15) is 0 Å². The highest BCUT2D eigenvalue weighted by Gasteiger charge is 2.14. The van der Waals surface area contributed by atoms with Crippen molar-refractivity contribution in [1.82, 2.24) is 4.98 Å². The van der Waals surface area contributed by atoms with Crippen LogP contribution in [0.25, 0.3) is 0 Å². The van der Waals surface area contributed by atoms with Crippen molar-refractivity contribution in [2.45, 2.75) is 17.5 Å². The SMILES string of the molecule is CS(=O)(=O)c1cc([C@@H](N)CC(N)=O)ccn1. The summed E-state index contributed by atoms with van der Waals surface area (Å²) in [7, 11) is -3.37. The normalized spacial score (nSPS) is 13.4. The third kappa shape index (κ3) is 3.28.